The average Bonchev–Trinajstić information content (AvgIpc) is 2.38. The quantitative estimate of drug-likeness (QED) is 0.698. The minimum Gasteiger partial charge on any atom is -0.507 e. The van der Waals surface area contributed by atoms with Gasteiger partial charge in [0.2, 0.25) is 0 Å². The number of hydrogen-bond donors (Lipinski definition) is 1. The molecule has 106 valence electrons. The fraction of sp³-hybridized carbons (Fsp3) is 0.647. The summed E-state index contributed by atoms with van der Waals surface area (Å²) in [5.41, 5.74) is 3.68. The van der Waals surface area contributed by atoms with Crippen molar-refractivity contribution in [2.75, 3.05) is 0 Å². The summed E-state index contributed by atoms with van der Waals surface area (Å²) in [6, 6.07) is 4.40. The summed E-state index contributed by atoms with van der Waals surface area (Å²) in [7, 11) is 0. The van der Waals surface area contributed by atoms with Gasteiger partial charge in [-0.2, -0.15) is 0 Å². The van der Waals surface area contributed by atoms with E-state index >= 15 is 0 Å². The van der Waals surface area contributed by atoms with Crippen molar-refractivity contribution < 1.29 is 5.11 Å². The van der Waals surface area contributed by atoms with Gasteiger partial charge < -0.3 is 5.11 Å². The number of phenolic OH excluding ortho intramolecular Hbond substituents is 1. The molecule has 0 aromatic heterocycles. The lowest BCUT2D eigenvalue weighted by molar-refractivity contribution is 0.411. The third-order valence-electron chi connectivity index (χ3n) is 4.27. The molecular weight excluding hydrogens is 300 g/mol. The molecule has 1 fully saturated rings. The Balaban J connectivity index is 2.45. The first-order chi connectivity index (χ1) is 8.93. The van der Waals surface area contributed by atoms with E-state index in [2.05, 4.69) is 48.8 Å². The van der Waals surface area contributed by atoms with Crippen molar-refractivity contribution in [2.24, 2.45) is 0 Å². The Kier molecular flexibility index (Phi) is 4.60. The third-order valence-corrected chi connectivity index (χ3v) is 4.88. The monoisotopic (exact) mass is 324 g/mol. The van der Waals surface area contributed by atoms with Crippen LogP contribution in [0.3, 0.4) is 0 Å². The van der Waals surface area contributed by atoms with E-state index < -0.39 is 0 Å². The highest BCUT2D eigenvalue weighted by atomic mass is 79.9. The number of halogens is 1. The summed E-state index contributed by atoms with van der Waals surface area (Å²) in [5.74, 6) is 1.07. The molecule has 0 bridgehead atoms. The van der Waals surface area contributed by atoms with Crippen LogP contribution >= 0.6 is 15.9 Å². The largest absolute Gasteiger partial charge is 0.507 e. The number of phenols is 1. The Morgan fingerprint density at radius 2 is 1.79 bits per heavy atom. The summed E-state index contributed by atoms with van der Waals surface area (Å²) < 4.78 is 0. The van der Waals surface area contributed by atoms with Crippen LogP contribution in [0.25, 0.3) is 0 Å². The van der Waals surface area contributed by atoms with Crippen molar-refractivity contribution in [3.63, 3.8) is 0 Å². The Morgan fingerprint density at radius 1 is 1.16 bits per heavy atom. The number of rotatable bonds is 2. The molecule has 0 atom stereocenters. The van der Waals surface area contributed by atoms with E-state index in [1.54, 1.807) is 0 Å². The van der Waals surface area contributed by atoms with Gasteiger partial charge in [-0.1, -0.05) is 68.1 Å². The van der Waals surface area contributed by atoms with E-state index in [1.807, 2.05) is 0 Å². The maximum Gasteiger partial charge on any atom is 0.123 e. The zero-order valence-corrected chi connectivity index (χ0v) is 13.9. The number of hydrogen-bond acceptors (Lipinski definition) is 1. The summed E-state index contributed by atoms with van der Waals surface area (Å²) in [4.78, 5) is 0. The van der Waals surface area contributed by atoms with Gasteiger partial charge in [-0.25, -0.2) is 0 Å². The minimum atomic E-state index is 0.133. The van der Waals surface area contributed by atoms with Gasteiger partial charge in [-0.05, 0) is 35.3 Å². The zero-order chi connectivity index (χ0) is 14.0. The summed E-state index contributed by atoms with van der Waals surface area (Å²) in [6.45, 7) is 6.71. The van der Waals surface area contributed by atoms with Gasteiger partial charge in [-0.3, -0.25) is 0 Å². The number of benzene rings is 1. The molecule has 1 aliphatic rings. The second kappa shape index (κ2) is 5.87. The van der Waals surface area contributed by atoms with Crippen molar-refractivity contribution >= 4 is 15.9 Å². The van der Waals surface area contributed by atoms with Crippen LogP contribution in [0.4, 0.5) is 0 Å². The molecule has 1 aromatic rings. The predicted molar refractivity (Wildman–Crippen MR) is 85.3 cm³/mol. The summed E-state index contributed by atoms with van der Waals surface area (Å²) >= 11 is 3.51. The normalized spacial score (nSPS) is 17.7. The SMILES string of the molecule is CC(C)(C)c1cc(CBr)c(O)c(C2CCCCC2)c1. The molecule has 19 heavy (non-hydrogen) atoms. The van der Waals surface area contributed by atoms with Crippen molar-refractivity contribution in [3.05, 3.63) is 28.8 Å². The second-order valence-corrected chi connectivity index (χ2v) is 7.35. The molecule has 1 nitrogen and oxygen atoms in total. The second-order valence-electron chi connectivity index (χ2n) is 6.79. The fourth-order valence-electron chi connectivity index (χ4n) is 2.98. The van der Waals surface area contributed by atoms with Crippen LogP contribution in [0.5, 0.6) is 5.75 Å². The third kappa shape index (κ3) is 3.34. The van der Waals surface area contributed by atoms with Gasteiger partial charge in [0.25, 0.3) is 0 Å². The molecule has 2 rings (SSSR count). The molecule has 1 aromatic carbocycles. The van der Waals surface area contributed by atoms with Crippen LogP contribution in [0.15, 0.2) is 12.1 Å². The van der Waals surface area contributed by atoms with Crippen molar-refractivity contribution in [1.29, 1.82) is 0 Å². The van der Waals surface area contributed by atoms with Gasteiger partial charge in [0.05, 0.1) is 0 Å². The summed E-state index contributed by atoms with van der Waals surface area (Å²) in [5, 5.41) is 11.2. The first-order valence-electron chi connectivity index (χ1n) is 7.35. The Labute approximate surface area is 125 Å². The van der Waals surface area contributed by atoms with Crippen LogP contribution in [0.1, 0.15) is 75.5 Å². The summed E-state index contributed by atoms with van der Waals surface area (Å²) in [6.07, 6.45) is 6.40. The van der Waals surface area contributed by atoms with Gasteiger partial charge >= 0.3 is 0 Å². The fourth-order valence-corrected chi connectivity index (χ4v) is 3.41. The van der Waals surface area contributed by atoms with Gasteiger partial charge in [0.1, 0.15) is 5.75 Å². The first-order valence-corrected chi connectivity index (χ1v) is 8.48. The highest BCUT2D eigenvalue weighted by Crippen LogP contribution is 2.41. The molecule has 0 saturated heterocycles. The number of alkyl halides is 1. The molecule has 0 spiro atoms. The standard InChI is InChI=1S/C17H25BrO/c1-17(2,3)14-9-13(11-18)16(19)15(10-14)12-7-5-4-6-8-12/h9-10,12,19H,4-8,11H2,1-3H3. The molecule has 0 radical (unpaired) electrons. The van der Waals surface area contributed by atoms with Crippen LogP contribution in [-0.4, -0.2) is 5.11 Å². The molecule has 1 N–H and O–H groups in total. The predicted octanol–water partition coefficient (Wildman–Crippen LogP) is 5.63. The maximum atomic E-state index is 10.5. The van der Waals surface area contributed by atoms with E-state index in [0.717, 1.165) is 10.9 Å². The van der Waals surface area contributed by atoms with Crippen LogP contribution in [0, 0.1) is 0 Å². The minimum absolute atomic E-state index is 0.133. The van der Waals surface area contributed by atoms with E-state index in [-0.39, 0.29) is 5.41 Å². The lowest BCUT2D eigenvalue weighted by Gasteiger charge is -2.27. The lowest BCUT2D eigenvalue weighted by Crippen LogP contribution is -2.14. The molecule has 0 aliphatic heterocycles. The van der Waals surface area contributed by atoms with Crippen molar-refractivity contribution in [1.82, 2.24) is 0 Å². The average molecular weight is 325 g/mol. The molecular formula is C17H25BrO. The van der Waals surface area contributed by atoms with E-state index in [4.69, 9.17) is 0 Å². The van der Waals surface area contributed by atoms with Gasteiger partial charge in [0.15, 0.2) is 0 Å². The van der Waals surface area contributed by atoms with E-state index in [9.17, 15) is 5.11 Å². The molecule has 0 amide bonds. The lowest BCUT2D eigenvalue weighted by atomic mass is 9.79. The van der Waals surface area contributed by atoms with Crippen LogP contribution < -0.4 is 0 Å². The molecule has 1 aliphatic carbocycles. The van der Waals surface area contributed by atoms with E-state index in [1.165, 1.54) is 43.2 Å². The van der Waals surface area contributed by atoms with Crippen molar-refractivity contribution in [2.45, 2.75) is 69.5 Å². The molecule has 0 unspecified atom stereocenters. The van der Waals surface area contributed by atoms with Gasteiger partial charge in [0, 0.05) is 10.9 Å². The van der Waals surface area contributed by atoms with Crippen LogP contribution in [0.2, 0.25) is 0 Å². The number of aromatic hydroxyl groups is 1. The first kappa shape index (κ1) is 14.9. The topological polar surface area (TPSA) is 20.2 Å². The Hall–Kier alpha value is -0.500. The maximum absolute atomic E-state index is 10.5. The van der Waals surface area contributed by atoms with Gasteiger partial charge in [-0.15, -0.1) is 0 Å². The smallest absolute Gasteiger partial charge is 0.123 e. The van der Waals surface area contributed by atoms with E-state index in [0.29, 0.717) is 11.7 Å². The Bertz CT molecular complexity index is 439. The highest BCUT2D eigenvalue weighted by Gasteiger charge is 2.23. The Morgan fingerprint density at radius 3 is 2.32 bits per heavy atom. The van der Waals surface area contributed by atoms with Crippen LogP contribution in [-0.2, 0) is 10.7 Å². The molecule has 1 saturated carbocycles. The molecule has 2 heteroatoms. The van der Waals surface area contributed by atoms with Crippen molar-refractivity contribution in [3.8, 4) is 5.75 Å². The highest BCUT2D eigenvalue weighted by molar-refractivity contribution is 9.08. The molecule has 0 heterocycles. The zero-order valence-electron chi connectivity index (χ0n) is 12.3.